The van der Waals surface area contributed by atoms with Crippen LogP contribution in [0.3, 0.4) is 0 Å². The minimum absolute atomic E-state index is 0.130. The van der Waals surface area contributed by atoms with Crippen molar-refractivity contribution in [1.82, 2.24) is 20.6 Å². The Hall–Kier alpha value is -4.14. The minimum Gasteiger partial charge on any atom is -0.465 e. The van der Waals surface area contributed by atoms with Gasteiger partial charge < -0.3 is 15.4 Å². The maximum Gasteiger partial charge on any atom is 0.341 e. The number of carbonyl (C=O) groups is 3. The molecule has 1 aliphatic rings. The fourth-order valence-electron chi connectivity index (χ4n) is 3.68. The Morgan fingerprint density at radius 1 is 1.06 bits per heavy atom. The van der Waals surface area contributed by atoms with Crippen LogP contribution in [0.4, 0.5) is 4.39 Å². The summed E-state index contributed by atoms with van der Waals surface area (Å²) in [4.78, 5) is 45.0. The Morgan fingerprint density at radius 2 is 1.74 bits per heavy atom. The molecule has 1 heterocycles. The van der Waals surface area contributed by atoms with Crippen molar-refractivity contribution in [2.45, 2.75) is 31.3 Å². The number of benzene rings is 2. The van der Waals surface area contributed by atoms with Crippen molar-refractivity contribution in [3.63, 3.8) is 0 Å². The summed E-state index contributed by atoms with van der Waals surface area (Å²) in [6.45, 7) is 1.83. The lowest BCUT2D eigenvalue weighted by Crippen LogP contribution is -2.49. The molecule has 0 spiro atoms. The number of carbonyl (C=O) groups excluding carboxylic acids is 3. The van der Waals surface area contributed by atoms with Gasteiger partial charge in [-0.25, -0.2) is 19.2 Å². The molecule has 1 aliphatic carbocycles. The summed E-state index contributed by atoms with van der Waals surface area (Å²) in [6, 6.07) is 11.1. The van der Waals surface area contributed by atoms with E-state index in [4.69, 9.17) is 4.74 Å². The lowest BCUT2D eigenvalue weighted by molar-refractivity contribution is -0.124. The number of rotatable bonds is 7. The third-order valence-electron chi connectivity index (χ3n) is 5.83. The first-order valence-electron chi connectivity index (χ1n) is 10.7. The van der Waals surface area contributed by atoms with Gasteiger partial charge in [-0.2, -0.15) is 0 Å². The van der Waals surface area contributed by atoms with Crippen LogP contribution in [0.15, 0.2) is 61.2 Å². The third kappa shape index (κ3) is 4.63. The molecule has 1 aromatic heterocycles. The lowest BCUT2D eigenvalue weighted by atomic mass is 9.97. The van der Waals surface area contributed by atoms with Crippen molar-refractivity contribution in [2.24, 2.45) is 0 Å². The van der Waals surface area contributed by atoms with E-state index in [1.54, 1.807) is 30.3 Å². The highest BCUT2D eigenvalue weighted by molar-refractivity contribution is 6.00. The highest BCUT2D eigenvalue weighted by Crippen LogP contribution is 2.36. The van der Waals surface area contributed by atoms with Crippen LogP contribution in [0, 0.1) is 5.82 Å². The van der Waals surface area contributed by atoms with Crippen molar-refractivity contribution in [3.8, 4) is 11.1 Å². The van der Waals surface area contributed by atoms with E-state index in [2.05, 4.69) is 20.6 Å². The summed E-state index contributed by atoms with van der Waals surface area (Å²) in [5.41, 5.74) is 1.07. The van der Waals surface area contributed by atoms with E-state index in [9.17, 15) is 18.8 Å². The molecule has 174 valence electrons. The van der Waals surface area contributed by atoms with E-state index in [1.807, 2.05) is 6.92 Å². The monoisotopic (exact) mass is 462 g/mol. The quantitative estimate of drug-likeness (QED) is 0.522. The Morgan fingerprint density at radius 3 is 2.35 bits per heavy atom. The zero-order valence-electron chi connectivity index (χ0n) is 18.7. The number of nitrogens with one attached hydrogen (secondary N) is 2. The molecule has 34 heavy (non-hydrogen) atoms. The van der Waals surface area contributed by atoms with Crippen molar-refractivity contribution >= 4 is 17.8 Å². The van der Waals surface area contributed by atoms with Gasteiger partial charge in [-0.15, -0.1) is 0 Å². The van der Waals surface area contributed by atoms with E-state index >= 15 is 0 Å². The Balaban J connectivity index is 1.45. The number of hydrogen-bond acceptors (Lipinski definition) is 6. The Bertz CT molecular complexity index is 1230. The predicted molar refractivity (Wildman–Crippen MR) is 121 cm³/mol. The molecule has 2 N–H and O–H groups in total. The fraction of sp³-hybridized carbons (Fsp3) is 0.240. The molecular weight excluding hydrogens is 439 g/mol. The number of ether oxygens (including phenoxy) is 1. The smallest absolute Gasteiger partial charge is 0.341 e. The van der Waals surface area contributed by atoms with Gasteiger partial charge in [-0.3, -0.25) is 9.59 Å². The van der Waals surface area contributed by atoms with E-state index in [1.165, 1.54) is 38.0 Å². The van der Waals surface area contributed by atoms with E-state index in [0.717, 1.165) is 5.56 Å². The maximum absolute atomic E-state index is 14.3. The van der Waals surface area contributed by atoms with E-state index in [-0.39, 0.29) is 23.1 Å². The summed E-state index contributed by atoms with van der Waals surface area (Å²) in [5, 5.41) is 5.73. The van der Waals surface area contributed by atoms with Gasteiger partial charge in [0, 0.05) is 12.4 Å². The topological polar surface area (TPSA) is 110 Å². The number of amides is 2. The number of nitrogens with zero attached hydrogens (tertiary/aromatic N) is 2. The summed E-state index contributed by atoms with van der Waals surface area (Å²) in [5.74, 6) is -2.08. The van der Waals surface area contributed by atoms with Gasteiger partial charge in [-0.05, 0) is 42.5 Å². The first-order chi connectivity index (χ1) is 16.3. The van der Waals surface area contributed by atoms with Crippen LogP contribution in [0.25, 0.3) is 11.1 Å². The molecule has 0 bridgehead atoms. The molecule has 0 unspecified atom stereocenters. The number of hydrogen-bond donors (Lipinski definition) is 2. The van der Waals surface area contributed by atoms with Crippen LogP contribution in [0.2, 0.25) is 0 Å². The molecule has 0 aliphatic heterocycles. The molecular formula is C25H23FN4O4. The maximum atomic E-state index is 14.3. The average molecular weight is 462 g/mol. The van der Waals surface area contributed by atoms with Crippen molar-refractivity contribution in [1.29, 1.82) is 0 Å². The SMILES string of the molecule is COC(=O)c1c(F)cccc1-c1ccc([C@@H](C)NC(=O)C2(NC(=O)c3cncnc3)CC2)cc1. The molecule has 1 fully saturated rings. The van der Waals surface area contributed by atoms with Crippen LogP contribution in [0.1, 0.15) is 52.1 Å². The van der Waals surface area contributed by atoms with Gasteiger partial charge in [0.05, 0.1) is 18.7 Å². The van der Waals surface area contributed by atoms with Gasteiger partial charge in [0.25, 0.3) is 5.91 Å². The van der Waals surface area contributed by atoms with E-state index in [0.29, 0.717) is 24.0 Å². The molecule has 1 atom stereocenters. The van der Waals surface area contributed by atoms with Crippen molar-refractivity contribution < 1.29 is 23.5 Å². The number of halogens is 1. The molecule has 2 amide bonds. The molecule has 1 saturated carbocycles. The first-order valence-corrected chi connectivity index (χ1v) is 10.7. The summed E-state index contributed by atoms with van der Waals surface area (Å²) >= 11 is 0. The second-order valence-electron chi connectivity index (χ2n) is 8.13. The molecule has 4 rings (SSSR count). The van der Waals surface area contributed by atoms with Crippen LogP contribution >= 0.6 is 0 Å². The van der Waals surface area contributed by atoms with Crippen molar-refractivity contribution in [3.05, 3.63) is 83.7 Å². The van der Waals surface area contributed by atoms with Crippen LogP contribution in [-0.2, 0) is 9.53 Å². The standard InChI is InChI=1S/C25H23FN4O4/c1-15(29-24(33)25(10-11-25)30-22(31)18-12-27-14-28-13-18)16-6-8-17(9-7-16)19-4-3-5-20(26)21(19)23(32)34-2/h3-9,12-15H,10-11H2,1-2H3,(H,29,33)(H,30,31)/t15-/m1/s1. The Kier molecular flexibility index (Phi) is 6.36. The summed E-state index contributed by atoms with van der Waals surface area (Å²) in [7, 11) is 1.20. The van der Waals surface area contributed by atoms with Gasteiger partial charge >= 0.3 is 5.97 Å². The average Bonchev–Trinajstić information content (AvgIpc) is 3.64. The normalized spacial score (nSPS) is 14.6. The van der Waals surface area contributed by atoms with Gasteiger partial charge in [0.1, 0.15) is 23.2 Å². The van der Waals surface area contributed by atoms with Crippen LogP contribution < -0.4 is 10.6 Å². The molecule has 0 saturated heterocycles. The lowest BCUT2D eigenvalue weighted by Gasteiger charge is -2.21. The second kappa shape index (κ2) is 9.38. The zero-order valence-corrected chi connectivity index (χ0v) is 18.7. The zero-order chi connectivity index (χ0) is 24.3. The van der Waals surface area contributed by atoms with Gasteiger partial charge in [0.2, 0.25) is 5.91 Å². The molecule has 3 aromatic rings. The Labute approximate surface area is 195 Å². The van der Waals surface area contributed by atoms with Gasteiger partial charge in [-0.1, -0.05) is 36.4 Å². The summed E-state index contributed by atoms with van der Waals surface area (Å²) < 4.78 is 19.0. The van der Waals surface area contributed by atoms with E-state index < -0.39 is 23.2 Å². The molecule has 9 heteroatoms. The molecule has 8 nitrogen and oxygen atoms in total. The third-order valence-corrected chi connectivity index (χ3v) is 5.83. The number of aromatic nitrogens is 2. The highest BCUT2D eigenvalue weighted by Gasteiger charge is 2.51. The van der Waals surface area contributed by atoms with Crippen LogP contribution in [0.5, 0.6) is 0 Å². The number of esters is 1. The van der Waals surface area contributed by atoms with Crippen molar-refractivity contribution in [2.75, 3.05) is 7.11 Å². The molecule has 2 aromatic carbocycles. The fourth-order valence-corrected chi connectivity index (χ4v) is 3.68. The summed E-state index contributed by atoms with van der Waals surface area (Å²) in [6.07, 6.45) is 5.20. The molecule has 0 radical (unpaired) electrons. The minimum atomic E-state index is -0.946. The first kappa shape index (κ1) is 23.0. The van der Waals surface area contributed by atoms with Crippen LogP contribution in [-0.4, -0.2) is 40.4 Å². The number of methoxy groups -OCH3 is 1. The highest BCUT2D eigenvalue weighted by atomic mass is 19.1. The largest absolute Gasteiger partial charge is 0.465 e. The predicted octanol–water partition coefficient (Wildman–Crippen LogP) is 3.21. The van der Waals surface area contributed by atoms with Gasteiger partial charge in [0.15, 0.2) is 0 Å². The second-order valence-corrected chi connectivity index (χ2v) is 8.13.